The van der Waals surface area contributed by atoms with E-state index in [0.717, 1.165) is 13.1 Å². The Labute approximate surface area is 90.4 Å². The average Bonchev–Trinajstić information content (AvgIpc) is 2.30. The Kier molecular flexibility index (Phi) is 2.10. The number of nitrogens with zero attached hydrogens (tertiary/aromatic N) is 1. The molecule has 1 aromatic rings. The lowest BCUT2D eigenvalue weighted by Crippen LogP contribution is -2.37. The van der Waals surface area contributed by atoms with E-state index in [2.05, 4.69) is 28.5 Å². The zero-order valence-electron chi connectivity index (χ0n) is 8.87. The van der Waals surface area contributed by atoms with Crippen molar-refractivity contribution in [3.05, 3.63) is 35.7 Å². The lowest BCUT2D eigenvalue weighted by Gasteiger charge is -2.37. The van der Waals surface area contributed by atoms with Gasteiger partial charge in [-0.3, -0.25) is 4.98 Å². The molecular formula is C13H16N2. The topological polar surface area (TPSA) is 24.9 Å². The molecule has 1 fully saturated rings. The van der Waals surface area contributed by atoms with Crippen LogP contribution in [0.2, 0.25) is 0 Å². The van der Waals surface area contributed by atoms with Gasteiger partial charge in [-0.05, 0) is 55.5 Å². The van der Waals surface area contributed by atoms with Gasteiger partial charge in [0.2, 0.25) is 0 Å². The van der Waals surface area contributed by atoms with E-state index in [0.29, 0.717) is 5.41 Å². The molecule has 3 rings (SSSR count). The minimum absolute atomic E-state index is 0.418. The van der Waals surface area contributed by atoms with Gasteiger partial charge in [-0.25, -0.2) is 0 Å². The van der Waals surface area contributed by atoms with Crippen molar-refractivity contribution in [1.29, 1.82) is 0 Å². The van der Waals surface area contributed by atoms with E-state index in [1.54, 1.807) is 0 Å². The number of aromatic nitrogens is 1. The van der Waals surface area contributed by atoms with Crippen molar-refractivity contribution in [1.82, 2.24) is 10.3 Å². The molecule has 2 heterocycles. The minimum atomic E-state index is 0.418. The number of piperidine rings is 1. The fraction of sp³-hybridized carbons (Fsp3) is 0.462. The van der Waals surface area contributed by atoms with Gasteiger partial charge in [0.15, 0.2) is 0 Å². The normalized spacial score (nSPS) is 22.7. The predicted octanol–water partition coefficient (Wildman–Crippen LogP) is 2.02. The van der Waals surface area contributed by atoms with Gasteiger partial charge in [0.05, 0.1) is 5.69 Å². The van der Waals surface area contributed by atoms with Gasteiger partial charge in [0, 0.05) is 6.20 Å². The fourth-order valence-corrected chi connectivity index (χ4v) is 2.71. The molecule has 2 nitrogen and oxygen atoms in total. The lowest BCUT2D eigenvalue weighted by atomic mass is 9.71. The van der Waals surface area contributed by atoms with Gasteiger partial charge in [0.1, 0.15) is 0 Å². The van der Waals surface area contributed by atoms with Crippen LogP contribution >= 0.6 is 0 Å². The van der Waals surface area contributed by atoms with Crippen LogP contribution in [0.15, 0.2) is 24.4 Å². The second-order valence-corrected chi connectivity index (χ2v) is 4.67. The van der Waals surface area contributed by atoms with Crippen LogP contribution in [-0.2, 0) is 6.42 Å². The van der Waals surface area contributed by atoms with Gasteiger partial charge in [-0.1, -0.05) is 12.1 Å². The zero-order chi connectivity index (χ0) is 10.1. The third kappa shape index (κ3) is 1.59. The Morgan fingerprint density at radius 3 is 3.00 bits per heavy atom. The summed E-state index contributed by atoms with van der Waals surface area (Å²) in [6.45, 7) is 2.31. The second-order valence-electron chi connectivity index (χ2n) is 4.67. The molecule has 2 heteroatoms. The number of nitrogens with one attached hydrogen (secondary N) is 1. The van der Waals surface area contributed by atoms with E-state index < -0.39 is 0 Å². The van der Waals surface area contributed by atoms with Crippen LogP contribution in [-0.4, -0.2) is 18.1 Å². The molecule has 1 N–H and O–H groups in total. The molecule has 0 aromatic carbocycles. The number of hydrogen-bond acceptors (Lipinski definition) is 2. The SMILES string of the molecule is C1=CC2(CCNCC2)Cc2cccnc21. The van der Waals surface area contributed by atoms with Crippen LogP contribution < -0.4 is 5.32 Å². The number of pyridine rings is 1. The highest BCUT2D eigenvalue weighted by atomic mass is 14.9. The summed E-state index contributed by atoms with van der Waals surface area (Å²) in [7, 11) is 0. The number of rotatable bonds is 0. The van der Waals surface area contributed by atoms with Gasteiger partial charge in [-0.2, -0.15) is 0 Å². The first kappa shape index (κ1) is 9.10. The first-order chi connectivity index (χ1) is 7.38. The molecule has 78 valence electrons. The summed E-state index contributed by atoms with van der Waals surface area (Å²) in [6, 6.07) is 4.27. The Hall–Kier alpha value is -1.15. The van der Waals surface area contributed by atoms with E-state index in [9.17, 15) is 0 Å². The highest BCUT2D eigenvalue weighted by Gasteiger charge is 2.32. The molecule has 1 aliphatic carbocycles. The predicted molar refractivity (Wildman–Crippen MR) is 61.5 cm³/mol. The molecule has 1 aromatic heterocycles. The summed E-state index contributed by atoms with van der Waals surface area (Å²) in [5, 5.41) is 3.43. The zero-order valence-corrected chi connectivity index (χ0v) is 8.87. The van der Waals surface area contributed by atoms with Crippen LogP contribution in [0.5, 0.6) is 0 Å². The monoisotopic (exact) mass is 200 g/mol. The van der Waals surface area contributed by atoms with Crippen molar-refractivity contribution in [3.8, 4) is 0 Å². The first-order valence-corrected chi connectivity index (χ1v) is 5.72. The minimum Gasteiger partial charge on any atom is -0.317 e. The van der Waals surface area contributed by atoms with Crippen LogP contribution in [0, 0.1) is 5.41 Å². The number of allylic oxidation sites excluding steroid dienone is 1. The molecule has 1 saturated heterocycles. The molecule has 2 aliphatic rings. The summed E-state index contributed by atoms with van der Waals surface area (Å²) in [4.78, 5) is 4.39. The van der Waals surface area contributed by atoms with Crippen molar-refractivity contribution < 1.29 is 0 Å². The molecule has 1 aliphatic heterocycles. The van der Waals surface area contributed by atoms with Crippen LogP contribution in [0.4, 0.5) is 0 Å². The Balaban J connectivity index is 1.94. The van der Waals surface area contributed by atoms with Crippen LogP contribution in [0.1, 0.15) is 24.1 Å². The summed E-state index contributed by atoms with van der Waals surface area (Å²) < 4.78 is 0. The van der Waals surface area contributed by atoms with Gasteiger partial charge < -0.3 is 5.32 Å². The Bertz CT molecular complexity index is 389. The van der Waals surface area contributed by atoms with E-state index in [1.807, 2.05) is 12.3 Å². The third-order valence-corrected chi connectivity index (χ3v) is 3.66. The fourth-order valence-electron chi connectivity index (χ4n) is 2.71. The van der Waals surface area contributed by atoms with Crippen LogP contribution in [0.3, 0.4) is 0 Å². The van der Waals surface area contributed by atoms with Crippen molar-refractivity contribution in [2.45, 2.75) is 19.3 Å². The largest absolute Gasteiger partial charge is 0.317 e. The molecule has 0 amide bonds. The smallest absolute Gasteiger partial charge is 0.0658 e. The molecule has 0 atom stereocenters. The van der Waals surface area contributed by atoms with Crippen molar-refractivity contribution >= 4 is 6.08 Å². The third-order valence-electron chi connectivity index (χ3n) is 3.66. The first-order valence-electron chi connectivity index (χ1n) is 5.72. The molecular weight excluding hydrogens is 184 g/mol. The number of fused-ring (bicyclic) bond motifs is 1. The standard InChI is InChI=1S/C13H16N2/c1-2-11-10-13(5-8-14-9-6-13)4-3-12(11)15-7-1/h1-4,7,14H,5-6,8-10H2. The van der Waals surface area contributed by atoms with E-state index in [-0.39, 0.29) is 0 Å². The molecule has 0 bridgehead atoms. The Morgan fingerprint density at radius 2 is 2.13 bits per heavy atom. The molecule has 0 radical (unpaired) electrons. The maximum Gasteiger partial charge on any atom is 0.0658 e. The molecule has 1 spiro atoms. The maximum atomic E-state index is 4.39. The van der Waals surface area contributed by atoms with E-state index >= 15 is 0 Å². The summed E-state index contributed by atoms with van der Waals surface area (Å²) in [5.74, 6) is 0. The molecule has 0 saturated carbocycles. The van der Waals surface area contributed by atoms with E-state index in [1.165, 1.54) is 30.5 Å². The van der Waals surface area contributed by atoms with Crippen molar-refractivity contribution in [3.63, 3.8) is 0 Å². The Morgan fingerprint density at radius 1 is 1.27 bits per heavy atom. The van der Waals surface area contributed by atoms with Gasteiger partial charge in [-0.15, -0.1) is 0 Å². The highest BCUT2D eigenvalue weighted by molar-refractivity contribution is 5.54. The molecule has 15 heavy (non-hydrogen) atoms. The second kappa shape index (κ2) is 3.46. The average molecular weight is 200 g/mol. The summed E-state index contributed by atoms with van der Waals surface area (Å²) in [6.07, 6.45) is 10.2. The summed E-state index contributed by atoms with van der Waals surface area (Å²) >= 11 is 0. The number of hydrogen-bond donors (Lipinski definition) is 1. The van der Waals surface area contributed by atoms with Gasteiger partial charge in [0.25, 0.3) is 0 Å². The van der Waals surface area contributed by atoms with E-state index in [4.69, 9.17) is 0 Å². The quantitative estimate of drug-likeness (QED) is 0.693. The highest BCUT2D eigenvalue weighted by Crippen LogP contribution is 2.38. The van der Waals surface area contributed by atoms with Crippen molar-refractivity contribution in [2.75, 3.05) is 13.1 Å². The van der Waals surface area contributed by atoms with Gasteiger partial charge >= 0.3 is 0 Å². The lowest BCUT2D eigenvalue weighted by molar-refractivity contribution is 0.268. The maximum absolute atomic E-state index is 4.39. The summed E-state index contributed by atoms with van der Waals surface area (Å²) in [5.41, 5.74) is 3.00. The molecule has 0 unspecified atom stereocenters. The van der Waals surface area contributed by atoms with Crippen LogP contribution in [0.25, 0.3) is 6.08 Å². The van der Waals surface area contributed by atoms with Crippen molar-refractivity contribution in [2.24, 2.45) is 5.41 Å².